The van der Waals surface area contributed by atoms with Crippen molar-refractivity contribution in [2.45, 2.75) is 69.9 Å². The highest BCUT2D eigenvalue weighted by Gasteiger charge is 2.30. The van der Waals surface area contributed by atoms with Crippen LogP contribution in [-0.4, -0.2) is 11.1 Å². The van der Waals surface area contributed by atoms with E-state index < -0.39 is 0 Å². The molecule has 1 aliphatic heterocycles. The van der Waals surface area contributed by atoms with Crippen LogP contribution in [0.25, 0.3) is 10.9 Å². The van der Waals surface area contributed by atoms with Gasteiger partial charge < -0.3 is 9.88 Å². The van der Waals surface area contributed by atoms with Gasteiger partial charge in [0, 0.05) is 35.7 Å². The number of nitrogens with one attached hydrogen (secondary N) is 1. The van der Waals surface area contributed by atoms with Gasteiger partial charge in [0.25, 0.3) is 0 Å². The van der Waals surface area contributed by atoms with Crippen molar-refractivity contribution < 1.29 is 0 Å². The van der Waals surface area contributed by atoms with E-state index in [9.17, 15) is 0 Å². The molecule has 2 aromatic rings. The van der Waals surface area contributed by atoms with Crippen molar-refractivity contribution in [2.75, 3.05) is 6.54 Å². The molecule has 0 radical (unpaired) electrons. The Morgan fingerprint density at radius 3 is 2.74 bits per heavy atom. The second kappa shape index (κ2) is 6.14. The third kappa shape index (κ3) is 2.42. The lowest BCUT2D eigenvalue weighted by Gasteiger charge is -2.31. The Bertz CT molecular complexity index is 710. The summed E-state index contributed by atoms with van der Waals surface area (Å²) in [6, 6.07) is 8.04. The van der Waals surface area contributed by atoms with E-state index in [1.54, 1.807) is 22.2 Å². The fraction of sp³-hybridized carbons (Fsp3) is 0.600. The molecule has 3 heteroatoms. The minimum Gasteiger partial charge on any atom is -0.342 e. The summed E-state index contributed by atoms with van der Waals surface area (Å²) in [5.74, 6) is 0.819. The first-order valence-electron chi connectivity index (χ1n) is 9.30. The van der Waals surface area contributed by atoms with E-state index in [4.69, 9.17) is 0 Å². The highest BCUT2D eigenvalue weighted by atomic mass is 35.5. The van der Waals surface area contributed by atoms with Crippen LogP contribution in [0.2, 0.25) is 0 Å². The van der Waals surface area contributed by atoms with E-state index in [1.165, 1.54) is 56.9 Å². The number of benzene rings is 1. The predicted molar refractivity (Wildman–Crippen MR) is 98.7 cm³/mol. The van der Waals surface area contributed by atoms with Crippen molar-refractivity contribution >= 4 is 23.3 Å². The molecule has 3 aliphatic rings. The van der Waals surface area contributed by atoms with Gasteiger partial charge in [0.15, 0.2) is 0 Å². The van der Waals surface area contributed by atoms with Crippen LogP contribution in [0.3, 0.4) is 0 Å². The summed E-state index contributed by atoms with van der Waals surface area (Å²) in [4.78, 5) is 0. The van der Waals surface area contributed by atoms with E-state index in [1.807, 2.05) is 0 Å². The van der Waals surface area contributed by atoms with E-state index in [2.05, 4.69) is 28.1 Å². The van der Waals surface area contributed by atoms with E-state index >= 15 is 0 Å². The number of aryl methyl sites for hydroxylation is 1. The summed E-state index contributed by atoms with van der Waals surface area (Å²) in [6.45, 7) is 2.27. The topological polar surface area (TPSA) is 17.0 Å². The molecule has 124 valence electrons. The molecule has 2 aliphatic carbocycles. The molecule has 1 aromatic carbocycles. The summed E-state index contributed by atoms with van der Waals surface area (Å²) >= 11 is 0. The number of nitrogens with zero attached hydrogens (tertiary/aromatic N) is 1. The first-order chi connectivity index (χ1) is 10.9. The number of hydrogen-bond donors (Lipinski definition) is 1. The molecule has 0 spiro atoms. The zero-order valence-electron chi connectivity index (χ0n) is 13.8. The van der Waals surface area contributed by atoms with Crippen LogP contribution in [-0.2, 0) is 13.0 Å². The van der Waals surface area contributed by atoms with Crippen molar-refractivity contribution in [3.63, 3.8) is 0 Å². The normalized spacial score (nSPS) is 24.3. The van der Waals surface area contributed by atoms with Crippen LogP contribution < -0.4 is 5.32 Å². The maximum Gasteiger partial charge on any atom is 0.0486 e. The van der Waals surface area contributed by atoms with E-state index in [-0.39, 0.29) is 12.4 Å². The first kappa shape index (κ1) is 15.5. The van der Waals surface area contributed by atoms with Crippen LogP contribution in [0, 0.1) is 0 Å². The van der Waals surface area contributed by atoms with Crippen molar-refractivity contribution in [2.24, 2.45) is 0 Å². The molecular weight excluding hydrogens is 304 g/mol. The van der Waals surface area contributed by atoms with Gasteiger partial charge in [-0.15, -0.1) is 12.4 Å². The molecular formula is C20H27ClN2. The quantitative estimate of drug-likeness (QED) is 0.770. The smallest absolute Gasteiger partial charge is 0.0486 e. The fourth-order valence-corrected chi connectivity index (χ4v) is 5.22. The molecule has 23 heavy (non-hydrogen) atoms. The molecule has 1 saturated carbocycles. The fourth-order valence-electron chi connectivity index (χ4n) is 5.22. The highest BCUT2D eigenvalue weighted by molar-refractivity contribution is 5.87. The number of aromatic nitrogens is 1. The highest BCUT2D eigenvalue weighted by Crippen LogP contribution is 2.41. The number of fused-ring (bicyclic) bond motifs is 3. The summed E-state index contributed by atoms with van der Waals surface area (Å²) in [7, 11) is 0. The molecule has 1 atom stereocenters. The van der Waals surface area contributed by atoms with Crippen LogP contribution in [0.1, 0.15) is 73.7 Å². The Morgan fingerprint density at radius 1 is 1.00 bits per heavy atom. The Morgan fingerprint density at radius 2 is 1.87 bits per heavy atom. The molecule has 1 aromatic heterocycles. The van der Waals surface area contributed by atoms with Gasteiger partial charge in [0.05, 0.1) is 0 Å². The molecule has 0 saturated heterocycles. The van der Waals surface area contributed by atoms with Crippen LogP contribution >= 0.6 is 12.4 Å². The third-order valence-corrected chi connectivity index (χ3v) is 6.29. The lowest BCUT2D eigenvalue weighted by molar-refractivity contribution is 0.384. The first-order valence-corrected chi connectivity index (χ1v) is 9.30. The minimum atomic E-state index is 0. The maximum absolute atomic E-state index is 3.74. The molecule has 5 rings (SSSR count). The van der Waals surface area contributed by atoms with Gasteiger partial charge in [-0.05, 0) is 61.3 Å². The van der Waals surface area contributed by atoms with Gasteiger partial charge in [-0.3, -0.25) is 0 Å². The summed E-state index contributed by atoms with van der Waals surface area (Å²) in [5, 5.41) is 5.31. The number of rotatable bonds is 1. The van der Waals surface area contributed by atoms with Crippen molar-refractivity contribution in [1.82, 2.24) is 9.88 Å². The summed E-state index contributed by atoms with van der Waals surface area (Å²) in [6.07, 6.45) is 11.0. The van der Waals surface area contributed by atoms with Crippen molar-refractivity contribution in [1.29, 1.82) is 0 Å². The predicted octanol–water partition coefficient (Wildman–Crippen LogP) is 5.09. The summed E-state index contributed by atoms with van der Waals surface area (Å²) in [5.41, 5.74) is 6.39. The Balaban J connectivity index is 0.00000135. The van der Waals surface area contributed by atoms with Gasteiger partial charge >= 0.3 is 0 Å². The molecule has 0 bridgehead atoms. The standard InChI is InChI=1S/C20H26N2.ClH/c1-2-5-14(6-3-1)15-9-10-19-17(13-15)16-7-4-8-18-20(16)22(19)12-11-21-18;/h9-10,13-14,18,21H,1-8,11-12H2;1H/t18-;/m0./s1. The SMILES string of the molecule is Cl.c1cc2c(cc1C1CCCCC1)c1c3n2CCN[C@H]3CCC1. The molecule has 1 fully saturated rings. The maximum atomic E-state index is 3.74. The van der Waals surface area contributed by atoms with Crippen LogP contribution in [0.15, 0.2) is 18.2 Å². The Labute approximate surface area is 145 Å². The van der Waals surface area contributed by atoms with Crippen LogP contribution in [0.4, 0.5) is 0 Å². The molecule has 0 amide bonds. The molecule has 2 nitrogen and oxygen atoms in total. The molecule has 2 heterocycles. The van der Waals surface area contributed by atoms with Gasteiger partial charge in [0.1, 0.15) is 0 Å². The number of halogens is 1. The zero-order valence-corrected chi connectivity index (χ0v) is 14.6. The van der Waals surface area contributed by atoms with Gasteiger partial charge in [-0.2, -0.15) is 0 Å². The Kier molecular flexibility index (Phi) is 4.15. The van der Waals surface area contributed by atoms with Gasteiger partial charge in [-0.1, -0.05) is 25.3 Å². The lowest BCUT2D eigenvalue weighted by atomic mass is 9.83. The van der Waals surface area contributed by atoms with Gasteiger partial charge in [0.2, 0.25) is 0 Å². The lowest BCUT2D eigenvalue weighted by Crippen LogP contribution is -2.35. The third-order valence-electron chi connectivity index (χ3n) is 6.29. The molecule has 0 unspecified atom stereocenters. The second-order valence-electron chi connectivity index (χ2n) is 7.53. The zero-order chi connectivity index (χ0) is 14.5. The van der Waals surface area contributed by atoms with Crippen LogP contribution in [0.5, 0.6) is 0 Å². The largest absolute Gasteiger partial charge is 0.342 e. The van der Waals surface area contributed by atoms with E-state index in [0.29, 0.717) is 6.04 Å². The monoisotopic (exact) mass is 330 g/mol. The Hall–Kier alpha value is -0.990. The van der Waals surface area contributed by atoms with Crippen molar-refractivity contribution in [3.05, 3.63) is 35.0 Å². The van der Waals surface area contributed by atoms with Gasteiger partial charge in [-0.25, -0.2) is 0 Å². The summed E-state index contributed by atoms with van der Waals surface area (Å²) < 4.78 is 2.62. The minimum absolute atomic E-state index is 0. The van der Waals surface area contributed by atoms with Crippen molar-refractivity contribution in [3.8, 4) is 0 Å². The average molecular weight is 331 g/mol. The molecule has 1 N–H and O–H groups in total. The van der Waals surface area contributed by atoms with E-state index in [0.717, 1.165) is 19.0 Å². The number of hydrogen-bond acceptors (Lipinski definition) is 1. The average Bonchev–Trinajstić information content (AvgIpc) is 2.92. The second-order valence-corrected chi connectivity index (χ2v) is 7.53.